The number of benzene rings is 1. The van der Waals surface area contributed by atoms with Crippen LogP contribution in [0.2, 0.25) is 10.0 Å². The van der Waals surface area contributed by atoms with E-state index in [0.29, 0.717) is 18.2 Å². The number of nitrogens with two attached hydrogens (primary N) is 1. The fourth-order valence-corrected chi connectivity index (χ4v) is 5.05. The van der Waals surface area contributed by atoms with Crippen molar-refractivity contribution in [2.75, 3.05) is 19.3 Å². The Balaban J connectivity index is 2.29. The van der Waals surface area contributed by atoms with Gasteiger partial charge in [0.05, 0.1) is 10.0 Å². The van der Waals surface area contributed by atoms with Gasteiger partial charge in [0, 0.05) is 19.3 Å². The SMILES string of the molecule is CN(CC1CCCC1)S(=O)(=O)c1c(Cl)cc(N)cc1Cl. The van der Waals surface area contributed by atoms with Crippen LogP contribution in [0.25, 0.3) is 0 Å². The summed E-state index contributed by atoms with van der Waals surface area (Å²) < 4.78 is 26.5. The van der Waals surface area contributed by atoms with E-state index in [0.717, 1.165) is 12.8 Å². The van der Waals surface area contributed by atoms with Gasteiger partial charge in [-0.1, -0.05) is 36.0 Å². The molecule has 7 heteroatoms. The van der Waals surface area contributed by atoms with Gasteiger partial charge in [-0.2, -0.15) is 0 Å². The van der Waals surface area contributed by atoms with Gasteiger partial charge in [-0.25, -0.2) is 12.7 Å². The molecule has 2 N–H and O–H groups in total. The number of sulfonamides is 1. The molecule has 0 aliphatic heterocycles. The molecule has 1 aromatic rings. The first-order valence-corrected chi connectivity index (χ1v) is 8.73. The van der Waals surface area contributed by atoms with Crippen LogP contribution in [-0.2, 0) is 10.0 Å². The van der Waals surface area contributed by atoms with E-state index in [1.54, 1.807) is 7.05 Å². The highest BCUT2D eigenvalue weighted by atomic mass is 35.5. The molecule has 0 saturated heterocycles. The maximum atomic E-state index is 12.6. The molecule has 1 aliphatic rings. The van der Waals surface area contributed by atoms with Crippen molar-refractivity contribution in [3.05, 3.63) is 22.2 Å². The van der Waals surface area contributed by atoms with E-state index in [4.69, 9.17) is 28.9 Å². The predicted octanol–water partition coefficient (Wildman–Crippen LogP) is 3.39. The van der Waals surface area contributed by atoms with Crippen LogP contribution in [0.4, 0.5) is 5.69 Å². The van der Waals surface area contributed by atoms with Crippen LogP contribution in [0, 0.1) is 5.92 Å². The maximum Gasteiger partial charge on any atom is 0.245 e. The summed E-state index contributed by atoms with van der Waals surface area (Å²) in [6.45, 7) is 0.499. The van der Waals surface area contributed by atoms with E-state index in [9.17, 15) is 8.42 Å². The van der Waals surface area contributed by atoms with Crippen molar-refractivity contribution in [3.8, 4) is 0 Å². The van der Waals surface area contributed by atoms with Crippen molar-refractivity contribution >= 4 is 38.9 Å². The second-order valence-corrected chi connectivity index (χ2v) is 8.05. The third-order valence-electron chi connectivity index (χ3n) is 3.68. The number of nitrogens with zero attached hydrogens (tertiary/aromatic N) is 1. The number of anilines is 1. The van der Waals surface area contributed by atoms with Gasteiger partial charge in [0.2, 0.25) is 10.0 Å². The Morgan fingerprint density at radius 3 is 2.25 bits per heavy atom. The van der Waals surface area contributed by atoms with Gasteiger partial charge < -0.3 is 5.73 Å². The summed E-state index contributed by atoms with van der Waals surface area (Å²) in [6.07, 6.45) is 4.48. The summed E-state index contributed by atoms with van der Waals surface area (Å²) in [5.41, 5.74) is 5.95. The topological polar surface area (TPSA) is 63.4 Å². The second kappa shape index (κ2) is 6.10. The lowest BCUT2D eigenvalue weighted by Crippen LogP contribution is -2.31. The molecule has 4 nitrogen and oxygen atoms in total. The van der Waals surface area contributed by atoms with Crippen LogP contribution >= 0.6 is 23.2 Å². The van der Waals surface area contributed by atoms with E-state index in [1.165, 1.54) is 29.3 Å². The molecule has 0 spiro atoms. The van der Waals surface area contributed by atoms with Crippen molar-refractivity contribution < 1.29 is 8.42 Å². The summed E-state index contributed by atoms with van der Waals surface area (Å²) in [4.78, 5) is -0.0597. The van der Waals surface area contributed by atoms with Gasteiger partial charge in [-0.05, 0) is 30.9 Å². The van der Waals surface area contributed by atoms with Crippen molar-refractivity contribution in [2.45, 2.75) is 30.6 Å². The molecule has 0 heterocycles. The minimum atomic E-state index is -3.69. The first kappa shape index (κ1) is 15.9. The van der Waals surface area contributed by atoms with Crippen LogP contribution in [-0.4, -0.2) is 26.3 Å². The molecule has 0 amide bonds. The van der Waals surface area contributed by atoms with Crippen molar-refractivity contribution in [1.29, 1.82) is 0 Å². The van der Waals surface area contributed by atoms with Crippen LogP contribution < -0.4 is 5.73 Å². The highest BCUT2D eigenvalue weighted by Gasteiger charge is 2.29. The molecule has 0 unspecified atom stereocenters. The summed E-state index contributed by atoms with van der Waals surface area (Å²) >= 11 is 12.0. The highest BCUT2D eigenvalue weighted by molar-refractivity contribution is 7.89. The molecule has 1 saturated carbocycles. The first-order chi connectivity index (χ1) is 9.32. The third kappa shape index (κ3) is 3.22. The predicted molar refractivity (Wildman–Crippen MR) is 82.6 cm³/mol. The van der Waals surface area contributed by atoms with Crippen LogP contribution in [0.1, 0.15) is 25.7 Å². The largest absolute Gasteiger partial charge is 0.399 e. The average molecular weight is 337 g/mol. The molecule has 1 fully saturated rings. The number of hydrogen-bond acceptors (Lipinski definition) is 3. The Morgan fingerprint density at radius 2 is 1.75 bits per heavy atom. The summed E-state index contributed by atoms with van der Waals surface area (Å²) in [5, 5.41) is 0.126. The van der Waals surface area contributed by atoms with Crippen LogP contribution in [0.3, 0.4) is 0 Å². The van der Waals surface area contributed by atoms with E-state index >= 15 is 0 Å². The lowest BCUT2D eigenvalue weighted by Gasteiger charge is -2.22. The van der Waals surface area contributed by atoms with Crippen molar-refractivity contribution in [1.82, 2.24) is 4.31 Å². The molecular weight excluding hydrogens is 319 g/mol. The van der Waals surface area contributed by atoms with Crippen LogP contribution in [0.15, 0.2) is 17.0 Å². The monoisotopic (exact) mass is 336 g/mol. The highest BCUT2D eigenvalue weighted by Crippen LogP contribution is 2.34. The molecule has 0 bridgehead atoms. The summed E-state index contributed by atoms with van der Waals surface area (Å²) in [6, 6.07) is 2.81. The maximum absolute atomic E-state index is 12.6. The van der Waals surface area contributed by atoms with Gasteiger partial charge in [-0.3, -0.25) is 0 Å². The molecule has 20 heavy (non-hydrogen) atoms. The lowest BCUT2D eigenvalue weighted by molar-refractivity contribution is 0.387. The Kier molecular flexibility index (Phi) is 4.84. The zero-order chi connectivity index (χ0) is 14.9. The van der Waals surface area contributed by atoms with Gasteiger partial charge in [-0.15, -0.1) is 0 Å². The molecule has 0 atom stereocenters. The number of hydrogen-bond donors (Lipinski definition) is 1. The molecule has 2 rings (SSSR count). The minimum Gasteiger partial charge on any atom is -0.399 e. The quantitative estimate of drug-likeness (QED) is 0.857. The third-order valence-corrected chi connectivity index (χ3v) is 6.42. The fraction of sp³-hybridized carbons (Fsp3) is 0.538. The zero-order valence-electron chi connectivity index (χ0n) is 11.3. The Morgan fingerprint density at radius 1 is 1.25 bits per heavy atom. The standard InChI is InChI=1S/C13H18Cl2N2O2S/c1-17(8-9-4-2-3-5-9)20(18,19)13-11(14)6-10(16)7-12(13)15/h6-7,9H,2-5,8,16H2,1H3. The molecule has 1 aliphatic carbocycles. The molecular formula is C13H18Cl2N2O2S. The molecule has 0 radical (unpaired) electrons. The van der Waals surface area contributed by atoms with Gasteiger partial charge in [0.25, 0.3) is 0 Å². The first-order valence-electron chi connectivity index (χ1n) is 6.53. The number of rotatable bonds is 4. The number of nitrogen functional groups attached to an aromatic ring is 1. The van der Waals surface area contributed by atoms with E-state index < -0.39 is 10.0 Å². The van der Waals surface area contributed by atoms with Crippen molar-refractivity contribution in [2.24, 2.45) is 5.92 Å². The van der Waals surface area contributed by atoms with E-state index in [2.05, 4.69) is 0 Å². The van der Waals surface area contributed by atoms with Crippen molar-refractivity contribution in [3.63, 3.8) is 0 Å². The van der Waals surface area contributed by atoms with Gasteiger partial charge >= 0.3 is 0 Å². The normalized spacial score (nSPS) is 17.0. The zero-order valence-corrected chi connectivity index (χ0v) is 13.6. The second-order valence-electron chi connectivity index (χ2n) is 5.25. The molecule has 0 aromatic heterocycles. The van der Waals surface area contributed by atoms with Crippen LogP contribution in [0.5, 0.6) is 0 Å². The van der Waals surface area contributed by atoms with E-state index in [-0.39, 0.29) is 14.9 Å². The number of halogens is 2. The Hall–Kier alpha value is -0.490. The summed E-state index contributed by atoms with van der Waals surface area (Å²) in [7, 11) is -2.12. The Labute approximate surface area is 129 Å². The Bertz CT molecular complexity index is 575. The van der Waals surface area contributed by atoms with E-state index in [1.807, 2.05) is 0 Å². The molecule has 112 valence electrons. The van der Waals surface area contributed by atoms with Gasteiger partial charge in [0.15, 0.2) is 0 Å². The lowest BCUT2D eigenvalue weighted by atomic mass is 10.1. The molecule has 1 aromatic carbocycles. The summed E-state index contributed by atoms with van der Waals surface area (Å²) in [5.74, 6) is 0.418. The smallest absolute Gasteiger partial charge is 0.245 e. The minimum absolute atomic E-state index is 0.0597. The van der Waals surface area contributed by atoms with Gasteiger partial charge in [0.1, 0.15) is 4.90 Å². The average Bonchev–Trinajstić information content (AvgIpc) is 2.79. The fourth-order valence-electron chi connectivity index (χ4n) is 2.64.